The van der Waals surface area contributed by atoms with E-state index >= 15 is 0 Å². The number of nitrogens with two attached hydrogens (primary N) is 1. The van der Waals surface area contributed by atoms with Crippen molar-refractivity contribution < 1.29 is 4.74 Å². The molecule has 3 N–H and O–H groups in total. The summed E-state index contributed by atoms with van der Waals surface area (Å²) in [5.74, 6) is 0.451. The summed E-state index contributed by atoms with van der Waals surface area (Å²) in [5.41, 5.74) is 13.3. The highest BCUT2D eigenvalue weighted by atomic mass is 127. The maximum atomic E-state index is 6.17. The van der Waals surface area contributed by atoms with E-state index in [0.717, 1.165) is 42.0 Å². The number of aliphatic imine (C=N–C) groups is 1. The predicted octanol–water partition coefficient (Wildman–Crippen LogP) is 3.57. The summed E-state index contributed by atoms with van der Waals surface area (Å²) in [6, 6.07) is 6.40. The lowest BCUT2D eigenvalue weighted by atomic mass is 9.90. The van der Waals surface area contributed by atoms with Gasteiger partial charge in [0.15, 0.2) is 5.96 Å². The van der Waals surface area contributed by atoms with Crippen LogP contribution in [-0.4, -0.2) is 29.5 Å². The van der Waals surface area contributed by atoms with Crippen molar-refractivity contribution in [2.75, 3.05) is 19.0 Å². The molecule has 0 fully saturated rings. The third-order valence-corrected chi connectivity index (χ3v) is 5.10. The molecule has 1 aliphatic rings. The zero-order valence-corrected chi connectivity index (χ0v) is 18.7. The van der Waals surface area contributed by atoms with Gasteiger partial charge in [-0.1, -0.05) is 12.1 Å². The zero-order valence-electron chi connectivity index (χ0n) is 16.4. The molecule has 2 aromatic rings. The number of hydrogen-bond acceptors (Lipinski definition) is 3. The highest BCUT2D eigenvalue weighted by Gasteiger charge is 2.14. The lowest BCUT2D eigenvalue weighted by Crippen LogP contribution is -2.24. The second-order valence-corrected chi connectivity index (χ2v) is 6.84. The van der Waals surface area contributed by atoms with Gasteiger partial charge in [-0.3, -0.25) is 4.68 Å². The lowest BCUT2D eigenvalue weighted by molar-refractivity contribution is 0.182. The molecule has 3 rings (SSSR count). The van der Waals surface area contributed by atoms with Gasteiger partial charge in [0.25, 0.3) is 0 Å². The zero-order chi connectivity index (χ0) is 18.5. The molecule has 1 aromatic heterocycles. The Labute approximate surface area is 178 Å². The first-order valence-corrected chi connectivity index (χ1v) is 9.29. The largest absolute Gasteiger partial charge is 0.383 e. The summed E-state index contributed by atoms with van der Waals surface area (Å²) in [7, 11) is 1.70. The Hall–Kier alpha value is -1.61. The molecule has 1 heterocycles. The third kappa shape index (κ3) is 5.22. The van der Waals surface area contributed by atoms with Crippen LogP contribution in [0.2, 0.25) is 0 Å². The number of nitrogens with zero attached hydrogens (tertiary/aromatic N) is 3. The summed E-state index contributed by atoms with van der Waals surface area (Å²) >= 11 is 0. The van der Waals surface area contributed by atoms with Crippen LogP contribution in [0.5, 0.6) is 0 Å². The average molecular weight is 483 g/mol. The Morgan fingerprint density at radius 1 is 1.30 bits per heavy atom. The molecule has 0 unspecified atom stereocenters. The Kier molecular flexibility index (Phi) is 8.09. The molecule has 0 radical (unpaired) electrons. The lowest BCUT2D eigenvalue weighted by Gasteiger charge is -2.19. The Morgan fingerprint density at radius 3 is 2.85 bits per heavy atom. The van der Waals surface area contributed by atoms with E-state index in [1.165, 1.54) is 24.0 Å². The molecule has 0 saturated heterocycles. The van der Waals surface area contributed by atoms with E-state index in [1.807, 2.05) is 11.6 Å². The number of guanidine groups is 1. The maximum Gasteiger partial charge on any atom is 0.193 e. The monoisotopic (exact) mass is 483 g/mol. The van der Waals surface area contributed by atoms with Crippen LogP contribution < -0.4 is 11.1 Å². The second kappa shape index (κ2) is 10.1. The van der Waals surface area contributed by atoms with Crippen molar-refractivity contribution in [3.63, 3.8) is 0 Å². The fourth-order valence-corrected chi connectivity index (χ4v) is 3.60. The quantitative estimate of drug-likeness (QED) is 0.374. The highest BCUT2D eigenvalue weighted by Crippen LogP contribution is 2.27. The molecular weight excluding hydrogens is 453 g/mol. The predicted molar refractivity (Wildman–Crippen MR) is 121 cm³/mol. The standard InChI is InChI=1S/C20H29N5O.HI/c1-14-18(15(2)25(24-14)11-12-26-3)13-22-20(21)23-19-10-6-8-16-7-4-5-9-17(16)19;/h6,8,10H,4-5,7,9,11-13H2,1-3H3,(H3,21,22,23);1H. The summed E-state index contributed by atoms with van der Waals surface area (Å²) in [6.07, 6.45) is 4.77. The van der Waals surface area contributed by atoms with Crippen LogP contribution in [0.4, 0.5) is 5.69 Å². The number of benzene rings is 1. The van der Waals surface area contributed by atoms with E-state index in [1.54, 1.807) is 7.11 Å². The number of halogens is 1. The van der Waals surface area contributed by atoms with Gasteiger partial charge in [0.2, 0.25) is 0 Å². The minimum Gasteiger partial charge on any atom is -0.383 e. The molecular formula is C20H30IN5O. The van der Waals surface area contributed by atoms with Gasteiger partial charge in [0, 0.05) is 24.1 Å². The van der Waals surface area contributed by atoms with Crippen molar-refractivity contribution in [3.05, 3.63) is 46.3 Å². The van der Waals surface area contributed by atoms with E-state index in [0.29, 0.717) is 19.1 Å². The van der Waals surface area contributed by atoms with Crippen molar-refractivity contribution in [2.45, 2.75) is 52.6 Å². The number of aryl methyl sites for hydroxylation is 2. The average Bonchev–Trinajstić information content (AvgIpc) is 2.92. The van der Waals surface area contributed by atoms with Crippen LogP contribution >= 0.6 is 24.0 Å². The molecule has 0 saturated carbocycles. The molecule has 0 bridgehead atoms. The van der Waals surface area contributed by atoms with E-state index in [9.17, 15) is 0 Å². The molecule has 6 nitrogen and oxygen atoms in total. The van der Waals surface area contributed by atoms with Crippen LogP contribution in [0.1, 0.15) is 40.9 Å². The van der Waals surface area contributed by atoms with Gasteiger partial charge >= 0.3 is 0 Å². The van der Waals surface area contributed by atoms with Gasteiger partial charge in [0.1, 0.15) is 0 Å². The first-order chi connectivity index (χ1) is 12.6. The van der Waals surface area contributed by atoms with Crippen molar-refractivity contribution in [1.82, 2.24) is 9.78 Å². The van der Waals surface area contributed by atoms with Gasteiger partial charge in [-0.05, 0) is 56.7 Å². The molecule has 1 aliphatic carbocycles. The number of rotatable bonds is 6. The van der Waals surface area contributed by atoms with Gasteiger partial charge in [0.05, 0.1) is 25.4 Å². The molecule has 27 heavy (non-hydrogen) atoms. The minimum absolute atomic E-state index is 0. The number of anilines is 1. The molecule has 0 aliphatic heterocycles. The molecule has 148 valence electrons. The van der Waals surface area contributed by atoms with Crippen LogP contribution in [0.3, 0.4) is 0 Å². The van der Waals surface area contributed by atoms with E-state index in [-0.39, 0.29) is 24.0 Å². The molecule has 1 aromatic carbocycles. The van der Waals surface area contributed by atoms with Crippen molar-refractivity contribution in [3.8, 4) is 0 Å². The van der Waals surface area contributed by atoms with Crippen LogP contribution in [0, 0.1) is 13.8 Å². The number of aromatic nitrogens is 2. The Morgan fingerprint density at radius 2 is 2.07 bits per heavy atom. The SMILES string of the molecule is COCCn1nc(C)c(CN=C(N)Nc2cccc3c2CCCC3)c1C.I. The van der Waals surface area contributed by atoms with E-state index < -0.39 is 0 Å². The number of fused-ring (bicyclic) bond motifs is 1. The summed E-state index contributed by atoms with van der Waals surface area (Å²) in [4.78, 5) is 4.55. The Balaban J connectivity index is 0.00000261. The number of nitrogens with one attached hydrogen (secondary N) is 1. The van der Waals surface area contributed by atoms with Gasteiger partial charge in [-0.2, -0.15) is 5.10 Å². The summed E-state index contributed by atoms with van der Waals surface area (Å²) < 4.78 is 7.11. The van der Waals surface area contributed by atoms with E-state index in [2.05, 4.69) is 40.5 Å². The normalized spacial score (nSPS) is 13.8. The van der Waals surface area contributed by atoms with Gasteiger partial charge < -0.3 is 15.8 Å². The highest BCUT2D eigenvalue weighted by molar-refractivity contribution is 14.0. The van der Waals surface area contributed by atoms with Crippen molar-refractivity contribution in [1.29, 1.82) is 0 Å². The number of hydrogen-bond donors (Lipinski definition) is 2. The minimum atomic E-state index is 0. The second-order valence-electron chi connectivity index (χ2n) is 6.84. The maximum absolute atomic E-state index is 6.17. The fraction of sp³-hybridized carbons (Fsp3) is 0.500. The van der Waals surface area contributed by atoms with Crippen LogP contribution in [0.25, 0.3) is 0 Å². The summed E-state index contributed by atoms with van der Waals surface area (Å²) in [5, 5.41) is 7.87. The van der Waals surface area contributed by atoms with Gasteiger partial charge in [-0.25, -0.2) is 4.99 Å². The molecule has 0 spiro atoms. The molecule has 7 heteroatoms. The van der Waals surface area contributed by atoms with Crippen LogP contribution in [-0.2, 0) is 30.7 Å². The molecule has 0 atom stereocenters. The first kappa shape index (κ1) is 21.7. The number of ether oxygens (including phenoxy) is 1. The Bertz CT molecular complexity index is 800. The smallest absolute Gasteiger partial charge is 0.193 e. The topological polar surface area (TPSA) is 77.5 Å². The van der Waals surface area contributed by atoms with Crippen molar-refractivity contribution in [2.24, 2.45) is 10.7 Å². The summed E-state index contributed by atoms with van der Waals surface area (Å²) in [6.45, 7) is 6.00. The number of methoxy groups -OCH3 is 1. The van der Waals surface area contributed by atoms with Crippen LogP contribution in [0.15, 0.2) is 23.2 Å². The first-order valence-electron chi connectivity index (χ1n) is 9.29. The fourth-order valence-electron chi connectivity index (χ4n) is 3.60. The molecule has 0 amide bonds. The van der Waals surface area contributed by atoms with Crippen molar-refractivity contribution >= 4 is 35.6 Å². The third-order valence-electron chi connectivity index (χ3n) is 5.10. The van der Waals surface area contributed by atoms with Gasteiger partial charge in [-0.15, -0.1) is 24.0 Å². The van der Waals surface area contributed by atoms with E-state index in [4.69, 9.17) is 10.5 Å².